The van der Waals surface area contributed by atoms with Gasteiger partial charge in [0, 0.05) is 21.3 Å². The Kier molecular flexibility index (Phi) is 5.03. The number of aliphatic hydroxyl groups excluding tert-OH is 1. The predicted molar refractivity (Wildman–Crippen MR) is 112 cm³/mol. The van der Waals surface area contributed by atoms with Gasteiger partial charge in [-0.3, -0.25) is 14.5 Å². The molecule has 1 atom stereocenters. The fourth-order valence-corrected chi connectivity index (χ4v) is 3.71. The van der Waals surface area contributed by atoms with E-state index in [1.165, 1.54) is 23.1 Å². The third-order valence-electron chi connectivity index (χ3n) is 4.80. The summed E-state index contributed by atoms with van der Waals surface area (Å²) in [5.74, 6) is -2.59. The number of hydrogen-bond donors (Lipinski definition) is 1. The van der Waals surface area contributed by atoms with Gasteiger partial charge in [0.1, 0.15) is 11.6 Å². The number of halogens is 2. The molecule has 1 amide bonds. The Morgan fingerprint density at radius 2 is 1.52 bits per heavy atom. The maximum atomic E-state index is 14.7. The molecule has 4 nitrogen and oxygen atoms in total. The Morgan fingerprint density at radius 3 is 2.17 bits per heavy atom. The fraction of sp³-hybridized carbons (Fsp3) is 0.0435. The highest BCUT2D eigenvalue weighted by Crippen LogP contribution is 2.42. The molecular formula is C23H15BrFNO3. The van der Waals surface area contributed by atoms with Crippen molar-refractivity contribution in [2.45, 2.75) is 6.04 Å². The third-order valence-corrected chi connectivity index (χ3v) is 5.32. The molecule has 0 saturated carbocycles. The van der Waals surface area contributed by atoms with Crippen LogP contribution in [0.25, 0.3) is 5.76 Å². The largest absolute Gasteiger partial charge is 0.507 e. The number of carbonyl (C=O) groups excluding carboxylic acids is 2. The van der Waals surface area contributed by atoms with Gasteiger partial charge < -0.3 is 5.11 Å². The molecule has 6 heteroatoms. The molecule has 0 aliphatic carbocycles. The smallest absolute Gasteiger partial charge is 0.300 e. The Bertz CT molecular complexity index is 1130. The lowest BCUT2D eigenvalue weighted by Crippen LogP contribution is -2.29. The first-order valence-electron chi connectivity index (χ1n) is 8.85. The zero-order valence-corrected chi connectivity index (χ0v) is 16.6. The van der Waals surface area contributed by atoms with Crippen LogP contribution in [0.5, 0.6) is 0 Å². The molecule has 0 spiro atoms. The summed E-state index contributed by atoms with van der Waals surface area (Å²) in [5.41, 5.74) is 0.791. The van der Waals surface area contributed by atoms with E-state index in [-0.39, 0.29) is 16.9 Å². The highest BCUT2D eigenvalue weighted by atomic mass is 79.9. The lowest BCUT2D eigenvalue weighted by Gasteiger charge is -2.25. The van der Waals surface area contributed by atoms with E-state index < -0.39 is 23.5 Å². The average molecular weight is 452 g/mol. The Labute approximate surface area is 175 Å². The lowest BCUT2D eigenvalue weighted by molar-refractivity contribution is -0.132. The van der Waals surface area contributed by atoms with Crippen LogP contribution < -0.4 is 4.90 Å². The minimum absolute atomic E-state index is 0.134. The molecule has 3 aromatic rings. The maximum absolute atomic E-state index is 14.7. The predicted octanol–water partition coefficient (Wildman–Crippen LogP) is 5.21. The van der Waals surface area contributed by atoms with Crippen molar-refractivity contribution in [3.05, 3.63) is 106 Å². The first-order chi connectivity index (χ1) is 14.0. The molecule has 1 fully saturated rings. The SMILES string of the molecule is O=C1C(=O)N(c2ccccc2)C(c2ccccc2F)/C1=C(/O)c1ccc(Br)cc1. The van der Waals surface area contributed by atoms with Crippen molar-refractivity contribution in [1.82, 2.24) is 0 Å². The Morgan fingerprint density at radius 1 is 0.897 bits per heavy atom. The number of Topliss-reactive ketones (excluding diaryl/α,β-unsaturated/α-hetero) is 1. The van der Waals surface area contributed by atoms with Crippen LogP contribution in [-0.4, -0.2) is 16.8 Å². The highest BCUT2D eigenvalue weighted by molar-refractivity contribution is 9.10. The van der Waals surface area contributed by atoms with Crippen LogP contribution in [-0.2, 0) is 9.59 Å². The first-order valence-corrected chi connectivity index (χ1v) is 9.64. The number of nitrogens with zero attached hydrogens (tertiary/aromatic N) is 1. The molecule has 4 rings (SSSR count). The van der Waals surface area contributed by atoms with E-state index in [1.54, 1.807) is 60.7 Å². The zero-order chi connectivity index (χ0) is 20.5. The van der Waals surface area contributed by atoms with Gasteiger partial charge in [-0.2, -0.15) is 0 Å². The monoisotopic (exact) mass is 451 g/mol. The van der Waals surface area contributed by atoms with Crippen LogP contribution in [0.4, 0.5) is 10.1 Å². The van der Waals surface area contributed by atoms with Gasteiger partial charge in [0.2, 0.25) is 0 Å². The number of rotatable bonds is 3. The second-order valence-corrected chi connectivity index (χ2v) is 7.45. The molecule has 1 unspecified atom stereocenters. The number of anilines is 1. The average Bonchev–Trinajstić information content (AvgIpc) is 3.00. The molecule has 1 aliphatic rings. The Hall–Kier alpha value is -3.25. The number of amides is 1. The molecule has 1 aliphatic heterocycles. The van der Waals surface area contributed by atoms with Crippen LogP contribution in [0.3, 0.4) is 0 Å². The fourth-order valence-electron chi connectivity index (χ4n) is 3.44. The summed E-state index contributed by atoms with van der Waals surface area (Å²) < 4.78 is 15.5. The van der Waals surface area contributed by atoms with E-state index in [4.69, 9.17) is 0 Å². The number of ketones is 1. The van der Waals surface area contributed by atoms with E-state index in [0.717, 1.165) is 4.47 Å². The summed E-state index contributed by atoms with van der Waals surface area (Å²) in [6.45, 7) is 0. The molecule has 0 radical (unpaired) electrons. The number of carbonyl (C=O) groups is 2. The molecule has 144 valence electrons. The van der Waals surface area contributed by atoms with Crippen LogP contribution in [0.1, 0.15) is 17.2 Å². The van der Waals surface area contributed by atoms with Crippen molar-refractivity contribution < 1.29 is 19.1 Å². The van der Waals surface area contributed by atoms with E-state index in [2.05, 4.69) is 15.9 Å². The topological polar surface area (TPSA) is 57.6 Å². The summed E-state index contributed by atoms with van der Waals surface area (Å²) in [6, 6.07) is 20.1. The molecule has 0 aromatic heterocycles. The normalized spacial score (nSPS) is 18.3. The van der Waals surface area contributed by atoms with E-state index in [1.807, 2.05) is 0 Å². The van der Waals surface area contributed by atoms with Gasteiger partial charge in [0.25, 0.3) is 11.7 Å². The summed E-state index contributed by atoms with van der Waals surface area (Å²) in [6.07, 6.45) is 0. The van der Waals surface area contributed by atoms with Crippen LogP contribution >= 0.6 is 15.9 Å². The summed E-state index contributed by atoms with van der Waals surface area (Å²) in [4.78, 5) is 27.1. The van der Waals surface area contributed by atoms with E-state index in [9.17, 15) is 19.1 Å². The van der Waals surface area contributed by atoms with Crippen LogP contribution in [0.2, 0.25) is 0 Å². The summed E-state index contributed by atoms with van der Waals surface area (Å²) in [7, 11) is 0. The van der Waals surface area contributed by atoms with Crippen LogP contribution in [0, 0.1) is 5.82 Å². The Balaban J connectivity index is 1.97. The second kappa shape index (κ2) is 7.64. The van der Waals surface area contributed by atoms with Crippen LogP contribution in [0.15, 0.2) is 88.9 Å². The van der Waals surface area contributed by atoms with Crippen molar-refractivity contribution in [1.29, 1.82) is 0 Å². The first kappa shape index (κ1) is 19.1. The maximum Gasteiger partial charge on any atom is 0.300 e. The summed E-state index contributed by atoms with van der Waals surface area (Å²) >= 11 is 3.32. The lowest BCUT2D eigenvalue weighted by atomic mass is 9.95. The number of benzene rings is 3. The van der Waals surface area contributed by atoms with Crippen molar-refractivity contribution >= 4 is 39.1 Å². The molecular weight excluding hydrogens is 437 g/mol. The van der Waals surface area contributed by atoms with Gasteiger partial charge in [0.05, 0.1) is 11.6 Å². The molecule has 3 aromatic carbocycles. The number of para-hydroxylation sites is 1. The van der Waals surface area contributed by atoms with E-state index >= 15 is 0 Å². The molecule has 1 heterocycles. The van der Waals surface area contributed by atoms with E-state index in [0.29, 0.717) is 11.3 Å². The molecule has 1 N–H and O–H groups in total. The van der Waals surface area contributed by atoms with Crippen molar-refractivity contribution in [2.24, 2.45) is 0 Å². The van der Waals surface area contributed by atoms with Gasteiger partial charge in [-0.15, -0.1) is 0 Å². The quantitative estimate of drug-likeness (QED) is 0.337. The zero-order valence-electron chi connectivity index (χ0n) is 15.0. The number of hydrogen-bond acceptors (Lipinski definition) is 3. The minimum atomic E-state index is -1.08. The summed E-state index contributed by atoms with van der Waals surface area (Å²) in [5, 5.41) is 10.9. The van der Waals surface area contributed by atoms with Gasteiger partial charge in [-0.25, -0.2) is 4.39 Å². The van der Waals surface area contributed by atoms with Crippen molar-refractivity contribution in [2.75, 3.05) is 4.90 Å². The van der Waals surface area contributed by atoms with Crippen molar-refractivity contribution in [3.8, 4) is 0 Å². The van der Waals surface area contributed by atoms with Crippen molar-refractivity contribution in [3.63, 3.8) is 0 Å². The van der Waals surface area contributed by atoms with Gasteiger partial charge in [0.15, 0.2) is 0 Å². The minimum Gasteiger partial charge on any atom is -0.507 e. The highest BCUT2D eigenvalue weighted by Gasteiger charge is 2.47. The third kappa shape index (κ3) is 3.36. The second-order valence-electron chi connectivity index (χ2n) is 6.53. The molecule has 1 saturated heterocycles. The van der Waals surface area contributed by atoms with Gasteiger partial charge in [-0.1, -0.05) is 64.5 Å². The standard InChI is InChI=1S/C23H15BrFNO3/c24-15-12-10-14(11-13-15)21(27)19-20(17-8-4-5-9-18(17)25)26(23(29)22(19)28)16-6-2-1-3-7-16/h1-13,20,27H/b21-19-. The van der Waals surface area contributed by atoms with Gasteiger partial charge >= 0.3 is 0 Å². The number of aliphatic hydroxyl groups is 1. The molecule has 29 heavy (non-hydrogen) atoms. The molecule has 0 bridgehead atoms. The van der Waals surface area contributed by atoms with Gasteiger partial charge in [-0.05, 0) is 30.3 Å².